The Hall–Kier alpha value is -3.82. The van der Waals surface area contributed by atoms with Crippen LogP contribution in [0.1, 0.15) is 37.3 Å². The van der Waals surface area contributed by atoms with Crippen molar-refractivity contribution in [1.29, 1.82) is 0 Å². The zero-order chi connectivity index (χ0) is 27.3. The maximum atomic E-state index is 15.2. The van der Waals surface area contributed by atoms with Gasteiger partial charge in [-0.05, 0) is 54.0 Å². The predicted molar refractivity (Wildman–Crippen MR) is 130 cm³/mol. The van der Waals surface area contributed by atoms with E-state index in [-0.39, 0.29) is 18.4 Å². The minimum Gasteiger partial charge on any atom is -0.490 e. The summed E-state index contributed by atoms with van der Waals surface area (Å²) >= 11 is 0. The van der Waals surface area contributed by atoms with Gasteiger partial charge in [0.05, 0.1) is 19.0 Å². The zero-order valence-corrected chi connectivity index (χ0v) is 20.4. The lowest BCUT2D eigenvalue weighted by Gasteiger charge is -2.12. The fourth-order valence-electron chi connectivity index (χ4n) is 4.00. The molecule has 0 N–H and O–H groups in total. The number of ether oxygens (including phenoxy) is 2. The summed E-state index contributed by atoms with van der Waals surface area (Å²) in [7, 11) is 0. The molecule has 200 valence electrons. The average molecular weight is 535 g/mol. The summed E-state index contributed by atoms with van der Waals surface area (Å²) < 4.78 is 89.2. The van der Waals surface area contributed by atoms with Crippen molar-refractivity contribution < 1.29 is 35.8 Å². The van der Waals surface area contributed by atoms with Crippen molar-refractivity contribution in [3.8, 4) is 22.9 Å². The zero-order valence-electron chi connectivity index (χ0n) is 20.4. The lowest BCUT2D eigenvalue weighted by Crippen LogP contribution is -2.19. The molecule has 4 rings (SSSR count). The second-order valence-electron chi connectivity index (χ2n) is 8.71. The molecule has 0 saturated carbocycles. The second kappa shape index (κ2) is 11.7. The van der Waals surface area contributed by atoms with Crippen LogP contribution in [-0.2, 0) is 12.8 Å². The van der Waals surface area contributed by atoms with E-state index >= 15 is 4.39 Å². The first-order valence-electron chi connectivity index (χ1n) is 12.0. The van der Waals surface area contributed by atoms with Crippen LogP contribution in [-0.4, -0.2) is 22.9 Å². The highest BCUT2D eigenvalue weighted by atomic mass is 19.4. The first kappa shape index (κ1) is 27.2. The Morgan fingerprint density at radius 1 is 0.842 bits per heavy atom. The lowest BCUT2D eigenvalue weighted by atomic mass is 9.98. The van der Waals surface area contributed by atoms with Gasteiger partial charge in [-0.3, -0.25) is 0 Å². The Balaban J connectivity index is 1.46. The summed E-state index contributed by atoms with van der Waals surface area (Å²) in [6.45, 7) is 2.71. The first-order valence-corrected chi connectivity index (χ1v) is 12.0. The van der Waals surface area contributed by atoms with Crippen LogP contribution in [0.25, 0.3) is 22.2 Å². The smallest absolute Gasteiger partial charge is 0.490 e. The van der Waals surface area contributed by atoms with Crippen molar-refractivity contribution in [2.24, 2.45) is 0 Å². The number of aryl methyl sites for hydroxylation is 2. The molecule has 10 heteroatoms. The SMILES string of the molecule is CCCCCOc1cnc(-c2ccc3c(F)c(CCc4cc(F)c(OC(F)(F)F)c(F)c4)ccc3c2)nc1. The van der Waals surface area contributed by atoms with Gasteiger partial charge < -0.3 is 9.47 Å². The highest BCUT2D eigenvalue weighted by Crippen LogP contribution is 2.31. The van der Waals surface area contributed by atoms with Gasteiger partial charge in [-0.1, -0.05) is 44.0 Å². The molecule has 0 saturated heterocycles. The van der Waals surface area contributed by atoms with Crippen LogP contribution >= 0.6 is 0 Å². The molecule has 0 fully saturated rings. The summed E-state index contributed by atoms with van der Waals surface area (Å²) in [6.07, 6.45) is 1.17. The molecule has 4 aromatic rings. The molecule has 3 aromatic carbocycles. The molecule has 38 heavy (non-hydrogen) atoms. The van der Waals surface area contributed by atoms with Crippen LogP contribution < -0.4 is 9.47 Å². The fourth-order valence-corrected chi connectivity index (χ4v) is 4.00. The summed E-state index contributed by atoms with van der Waals surface area (Å²) in [6, 6.07) is 9.81. The Bertz CT molecular complexity index is 1380. The van der Waals surface area contributed by atoms with Crippen LogP contribution in [0.5, 0.6) is 11.5 Å². The molecule has 0 spiro atoms. The largest absolute Gasteiger partial charge is 0.573 e. The summed E-state index contributed by atoms with van der Waals surface area (Å²) in [5.41, 5.74) is 1.05. The molecule has 0 radical (unpaired) electrons. The molecular weight excluding hydrogens is 510 g/mol. The minimum absolute atomic E-state index is 0.00134. The standard InChI is InChI=1S/C28H24F6N2O2/c1-2-3-4-11-37-21-15-35-27(36-16-21)20-9-10-22-19(14-20)8-7-18(25(22)31)6-5-17-12-23(29)26(24(30)13-17)38-28(32,33)34/h7-10,12-16H,2-6,11H2,1H3. The second-order valence-corrected chi connectivity index (χ2v) is 8.71. The molecule has 0 bridgehead atoms. The number of rotatable bonds is 10. The van der Waals surface area contributed by atoms with Crippen molar-refractivity contribution in [1.82, 2.24) is 9.97 Å². The van der Waals surface area contributed by atoms with E-state index in [1.165, 1.54) is 0 Å². The third kappa shape index (κ3) is 6.73. The monoisotopic (exact) mass is 534 g/mol. The van der Waals surface area contributed by atoms with Gasteiger partial charge in [0.15, 0.2) is 23.2 Å². The Morgan fingerprint density at radius 3 is 2.21 bits per heavy atom. The van der Waals surface area contributed by atoms with Crippen molar-refractivity contribution in [2.45, 2.75) is 45.4 Å². The van der Waals surface area contributed by atoms with Crippen LogP contribution in [0.2, 0.25) is 0 Å². The van der Waals surface area contributed by atoms with Crippen molar-refractivity contribution in [2.75, 3.05) is 6.61 Å². The molecule has 0 aliphatic heterocycles. The molecule has 1 aromatic heterocycles. The highest BCUT2D eigenvalue weighted by Gasteiger charge is 2.34. The summed E-state index contributed by atoms with van der Waals surface area (Å²) in [5.74, 6) is -3.96. The minimum atomic E-state index is -5.23. The maximum Gasteiger partial charge on any atom is 0.573 e. The van der Waals surface area contributed by atoms with E-state index in [0.29, 0.717) is 40.1 Å². The van der Waals surface area contributed by atoms with E-state index in [1.807, 2.05) is 0 Å². The number of aromatic nitrogens is 2. The average Bonchev–Trinajstić information content (AvgIpc) is 2.88. The fraction of sp³-hybridized carbons (Fsp3) is 0.286. The number of fused-ring (bicyclic) bond motifs is 1. The number of alkyl halides is 3. The molecule has 0 aliphatic rings. The van der Waals surface area contributed by atoms with Gasteiger partial charge in [0, 0.05) is 10.9 Å². The van der Waals surface area contributed by atoms with Gasteiger partial charge in [-0.15, -0.1) is 13.2 Å². The van der Waals surface area contributed by atoms with E-state index in [4.69, 9.17) is 4.74 Å². The predicted octanol–water partition coefficient (Wildman–Crippen LogP) is 7.97. The van der Waals surface area contributed by atoms with Crippen molar-refractivity contribution in [3.05, 3.63) is 83.4 Å². The number of halogens is 6. The van der Waals surface area contributed by atoms with Gasteiger partial charge in [-0.2, -0.15) is 0 Å². The summed E-state index contributed by atoms with van der Waals surface area (Å²) in [5, 5.41) is 0.950. The number of nitrogens with zero attached hydrogens (tertiary/aromatic N) is 2. The van der Waals surface area contributed by atoms with E-state index in [9.17, 15) is 22.0 Å². The van der Waals surface area contributed by atoms with Crippen LogP contribution in [0.15, 0.2) is 54.9 Å². The van der Waals surface area contributed by atoms with Gasteiger partial charge >= 0.3 is 6.36 Å². The molecule has 0 unspecified atom stereocenters. The number of hydrogen-bond acceptors (Lipinski definition) is 4. The molecular formula is C28H24F6N2O2. The van der Waals surface area contributed by atoms with Gasteiger partial charge in [0.2, 0.25) is 5.75 Å². The third-order valence-corrected chi connectivity index (χ3v) is 5.90. The molecule has 1 heterocycles. The van der Waals surface area contributed by atoms with Crippen LogP contribution in [0, 0.1) is 17.5 Å². The van der Waals surface area contributed by atoms with Gasteiger partial charge in [0.25, 0.3) is 0 Å². The van der Waals surface area contributed by atoms with Gasteiger partial charge in [0.1, 0.15) is 5.82 Å². The molecule has 0 amide bonds. The topological polar surface area (TPSA) is 44.2 Å². The molecule has 0 atom stereocenters. The van der Waals surface area contributed by atoms with Crippen molar-refractivity contribution >= 4 is 10.8 Å². The number of unbranched alkanes of at least 4 members (excludes halogenated alkanes) is 2. The van der Waals surface area contributed by atoms with Crippen LogP contribution in [0.4, 0.5) is 26.3 Å². The Kier molecular flexibility index (Phi) is 8.38. The third-order valence-electron chi connectivity index (χ3n) is 5.90. The molecule has 0 aliphatic carbocycles. The lowest BCUT2D eigenvalue weighted by molar-refractivity contribution is -0.276. The maximum absolute atomic E-state index is 15.2. The highest BCUT2D eigenvalue weighted by molar-refractivity contribution is 5.87. The van der Waals surface area contributed by atoms with E-state index in [0.717, 1.165) is 31.4 Å². The summed E-state index contributed by atoms with van der Waals surface area (Å²) in [4.78, 5) is 8.67. The van der Waals surface area contributed by atoms with E-state index in [1.54, 1.807) is 42.7 Å². The van der Waals surface area contributed by atoms with Gasteiger partial charge in [-0.25, -0.2) is 23.1 Å². The number of hydrogen-bond donors (Lipinski definition) is 0. The van der Waals surface area contributed by atoms with Crippen molar-refractivity contribution in [3.63, 3.8) is 0 Å². The van der Waals surface area contributed by atoms with Crippen LogP contribution in [0.3, 0.4) is 0 Å². The first-order chi connectivity index (χ1) is 18.1. The quantitative estimate of drug-likeness (QED) is 0.153. The van der Waals surface area contributed by atoms with E-state index < -0.39 is 29.6 Å². The number of benzene rings is 3. The Labute approximate surface area is 215 Å². The molecule has 4 nitrogen and oxygen atoms in total. The Morgan fingerprint density at radius 2 is 1.55 bits per heavy atom. The normalized spacial score (nSPS) is 11.7. The van der Waals surface area contributed by atoms with E-state index in [2.05, 4.69) is 21.6 Å².